The fraction of sp³-hybridized carbons (Fsp3) is 0.714. The summed E-state index contributed by atoms with van der Waals surface area (Å²) in [5.41, 5.74) is -0.409. The molecule has 0 aromatic carbocycles. The van der Waals surface area contributed by atoms with E-state index in [-0.39, 0.29) is 36.0 Å². The molecule has 2 aliphatic heterocycles. The fourth-order valence-electron chi connectivity index (χ4n) is 4.59. The first-order valence-electron chi connectivity index (χ1n) is 10.9. The quantitative estimate of drug-likeness (QED) is 0.778. The van der Waals surface area contributed by atoms with Crippen molar-refractivity contribution in [3.63, 3.8) is 0 Å². The number of hydrogen-bond acceptors (Lipinski definition) is 5. The zero-order valence-corrected chi connectivity index (χ0v) is 18.2. The number of nitrogens with zero attached hydrogens (tertiary/aromatic N) is 5. The van der Waals surface area contributed by atoms with Gasteiger partial charge in [0, 0.05) is 45.3 Å². The molecule has 3 aliphatic rings. The molecule has 30 heavy (non-hydrogen) atoms. The summed E-state index contributed by atoms with van der Waals surface area (Å²) in [6, 6.07) is 1.73. The molecule has 1 N–H and O–H groups in total. The van der Waals surface area contributed by atoms with Crippen LogP contribution >= 0.6 is 0 Å². The number of fused-ring (bicyclic) bond motifs is 1. The van der Waals surface area contributed by atoms with E-state index in [2.05, 4.69) is 15.3 Å². The van der Waals surface area contributed by atoms with E-state index in [1.807, 2.05) is 7.05 Å². The van der Waals surface area contributed by atoms with E-state index in [1.165, 1.54) is 16.0 Å². The molecule has 0 spiro atoms. The monoisotopic (exact) mass is 416 g/mol. The standard InChI is InChI=1S/C21H32N6O3/c1-21(20(30)22-15-7-5-4-6-8-15)14-27-17(19(29)25(21)3)13-16(23-27)18(28)26-11-9-24(2)10-12-26/h13,15H,4-12,14H2,1-3H3,(H,22,30)/t21-/m1/s1. The van der Waals surface area contributed by atoms with Crippen molar-refractivity contribution in [3.05, 3.63) is 17.5 Å². The zero-order valence-electron chi connectivity index (χ0n) is 18.2. The molecule has 1 aromatic heterocycles. The Hall–Kier alpha value is -2.42. The molecule has 0 bridgehead atoms. The Labute approximate surface area is 177 Å². The molecular weight excluding hydrogens is 384 g/mol. The molecule has 3 heterocycles. The predicted octanol–water partition coefficient (Wildman–Crippen LogP) is 0.564. The summed E-state index contributed by atoms with van der Waals surface area (Å²) < 4.78 is 1.53. The highest BCUT2D eigenvalue weighted by molar-refractivity contribution is 6.01. The van der Waals surface area contributed by atoms with E-state index >= 15 is 0 Å². The van der Waals surface area contributed by atoms with Gasteiger partial charge in [0.15, 0.2) is 5.69 Å². The lowest BCUT2D eigenvalue weighted by Gasteiger charge is -2.41. The highest BCUT2D eigenvalue weighted by atomic mass is 16.2. The molecule has 0 unspecified atom stereocenters. The average Bonchev–Trinajstić information content (AvgIpc) is 3.16. The van der Waals surface area contributed by atoms with E-state index in [0.29, 0.717) is 18.8 Å². The number of amides is 3. The maximum absolute atomic E-state index is 13.1. The number of carbonyl (C=O) groups excluding carboxylic acids is 3. The van der Waals surface area contributed by atoms with Gasteiger partial charge in [-0.2, -0.15) is 5.10 Å². The van der Waals surface area contributed by atoms with E-state index in [1.54, 1.807) is 24.9 Å². The van der Waals surface area contributed by atoms with Gasteiger partial charge >= 0.3 is 0 Å². The average molecular weight is 417 g/mol. The van der Waals surface area contributed by atoms with Gasteiger partial charge in [-0.3, -0.25) is 19.1 Å². The summed E-state index contributed by atoms with van der Waals surface area (Å²) in [7, 11) is 3.69. The molecule has 2 fully saturated rings. The van der Waals surface area contributed by atoms with Gasteiger partial charge in [-0.05, 0) is 26.8 Å². The van der Waals surface area contributed by atoms with Gasteiger partial charge in [0.25, 0.3) is 11.8 Å². The summed E-state index contributed by atoms with van der Waals surface area (Å²) in [6.45, 7) is 4.94. The second-order valence-electron chi connectivity index (χ2n) is 9.11. The Morgan fingerprint density at radius 3 is 2.43 bits per heavy atom. The number of rotatable bonds is 3. The highest BCUT2D eigenvalue weighted by Crippen LogP contribution is 2.27. The third-order valence-electron chi connectivity index (χ3n) is 6.94. The van der Waals surface area contributed by atoms with Gasteiger partial charge in [-0.25, -0.2) is 0 Å². The van der Waals surface area contributed by atoms with Crippen LogP contribution in [0.3, 0.4) is 0 Å². The van der Waals surface area contributed by atoms with Crippen LogP contribution in [0.15, 0.2) is 6.07 Å². The molecule has 9 nitrogen and oxygen atoms in total. The predicted molar refractivity (Wildman–Crippen MR) is 111 cm³/mol. The van der Waals surface area contributed by atoms with Crippen molar-refractivity contribution in [3.8, 4) is 0 Å². The Morgan fingerprint density at radius 2 is 1.77 bits per heavy atom. The Morgan fingerprint density at radius 1 is 1.10 bits per heavy atom. The van der Waals surface area contributed by atoms with Crippen LogP contribution < -0.4 is 5.32 Å². The first-order valence-corrected chi connectivity index (χ1v) is 10.9. The van der Waals surface area contributed by atoms with Crippen LogP contribution in [-0.2, 0) is 11.3 Å². The van der Waals surface area contributed by atoms with Crippen LogP contribution in [0.5, 0.6) is 0 Å². The van der Waals surface area contributed by atoms with Crippen molar-refractivity contribution in [2.45, 2.75) is 57.2 Å². The molecule has 1 atom stereocenters. The lowest BCUT2D eigenvalue weighted by Crippen LogP contribution is -2.63. The number of likely N-dealkylation sites (N-methyl/N-ethyl adjacent to an activating group) is 2. The van der Waals surface area contributed by atoms with Crippen LogP contribution in [0.4, 0.5) is 0 Å². The van der Waals surface area contributed by atoms with Crippen LogP contribution in [0.25, 0.3) is 0 Å². The summed E-state index contributed by atoms with van der Waals surface area (Å²) in [4.78, 5) is 44.5. The molecule has 1 aliphatic carbocycles. The minimum absolute atomic E-state index is 0.154. The molecule has 164 valence electrons. The van der Waals surface area contributed by atoms with Gasteiger partial charge in [0.1, 0.15) is 11.2 Å². The maximum Gasteiger partial charge on any atom is 0.274 e. The Balaban J connectivity index is 1.52. The van der Waals surface area contributed by atoms with E-state index < -0.39 is 5.54 Å². The third-order valence-corrected chi connectivity index (χ3v) is 6.94. The van der Waals surface area contributed by atoms with Crippen molar-refractivity contribution in [2.75, 3.05) is 40.3 Å². The molecule has 3 amide bonds. The van der Waals surface area contributed by atoms with E-state index in [0.717, 1.165) is 38.8 Å². The first-order chi connectivity index (χ1) is 14.3. The lowest BCUT2D eigenvalue weighted by atomic mass is 9.92. The van der Waals surface area contributed by atoms with Crippen LogP contribution in [0.1, 0.15) is 60.0 Å². The van der Waals surface area contributed by atoms with Crippen LogP contribution in [-0.4, -0.2) is 94.1 Å². The normalized spacial score (nSPS) is 25.9. The summed E-state index contributed by atoms with van der Waals surface area (Å²) >= 11 is 0. The second-order valence-corrected chi connectivity index (χ2v) is 9.11. The molecule has 1 aromatic rings. The van der Waals surface area contributed by atoms with Crippen LogP contribution in [0.2, 0.25) is 0 Å². The second kappa shape index (κ2) is 8.02. The van der Waals surface area contributed by atoms with E-state index in [9.17, 15) is 14.4 Å². The van der Waals surface area contributed by atoms with Crippen molar-refractivity contribution < 1.29 is 14.4 Å². The SMILES string of the molecule is CN1CCN(C(=O)c2cc3n(n2)C[C@](C)(C(=O)NC2CCCCC2)N(C)C3=O)CC1. The van der Waals surface area contributed by atoms with Gasteiger partial charge in [0.05, 0.1) is 6.54 Å². The minimum Gasteiger partial charge on any atom is -0.351 e. The number of aromatic nitrogens is 2. The van der Waals surface area contributed by atoms with Gasteiger partial charge in [0.2, 0.25) is 5.91 Å². The molecule has 1 saturated heterocycles. The van der Waals surface area contributed by atoms with E-state index in [4.69, 9.17) is 0 Å². The molecule has 9 heteroatoms. The minimum atomic E-state index is -1.04. The van der Waals surface area contributed by atoms with Gasteiger partial charge in [-0.1, -0.05) is 19.3 Å². The Kier molecular flexibility index (Phi) is 5.57. The topological polar surface area (TPSA) is 90.8 Å². The van der Waals surface area contributed by atoms with Crippen molar-refractivity contribution in [2.24, 2.45) is 0 Å². The summed E-state index contributed by atoms with van der Waals surface area (Å²) in [5.74, 6) is -0.598. The number of piperazine rings is 1. The molecule has 4 rings (SSSR count). The highest BCUT2D eigenvalue weighted by Gasteiger charge is 2.47. The third kappa shape index (κ3) is 3.71. The lowest BCUT2D eigenvalue weighted by molar-refractivity contribution is -0.133. The molecular formula is C21H32N6O3. The largest absolute Gasteiger partial charge is 0.351 e. The number of hydrogen-bond donors (Lipinski definition) is 1. The summed E-state index contributed by atoms with van der Waals surface area (Å²) in [5, 5.41) is 7.58. The molecule has 1 saturated carbocycles. The maximum atomic E-state index is 13.1. The van der Waals surface area contributed by atoms with Gasteiger partial charge < -0.3 is 20.0 Å². The number of nitrogens with one attached hydrogen (secondary N) is 1. The fourth-order valence-corrected chi connectivity index (χ4v) is 4.59. The smallest absolute Gasteiger partial charge is 0.274 e. The van der Waals surface area contributed by atoms with Crippen molar-refractivity contribution >= 4 is 17.7 Å². The number of carbonyl (C=O) groups is 3. The van der Waals surface area contributed by atoms with Crippen LogP contribution in [0, 0.1) is 0 Å². The zero-order chi connectivity index (χ0) is 21.5. The van der Waals surface area contributed by atoms with Crippen molar-refractivity contribution in [1.29, 1.82) is 0 Å². The van der Waals surface area contributed by atoms with Crippen molar-refractivity contribution in [1.82, 2.24) is 29.8 Å². The summed E-state index contributed by atoms with van der Waals surface area (Å²) in [6.07, 6.45) is 5.42. The Bertz CT molecular complexity index is 838. The first kappa shape index (κ1) is 20.8. The molecule has 0 radical (unpaired) electrons. The van der Waals surface area contributed by atoms with Gasteiger partial charge in [-0.15, -0.1) is 0 Å².